The second-order valence-electron chi connectivity index (χ2n) is 6.66. The van der Waals surface area contributed by atoms with Gasteiger partial charge in [0.2, 0.25) is 11.8 Å². The Morgan fingerprint density at radius 3 is 2.52 bits per heavy atom. The van der Waals surface area contributed by atoms with Crippen LogP contribution in [0.2, 0.25) is 0 Å². The number of anilines is 1. The monoisotopic (exact) mass is 386 g/mol. The first-order valence-electron chi connectivity index (χ1n) is 9.15. The molecule has 3 N–H and O–H groups in total. The summed E-state index contributed by atoms with van der Waals surface area (Å²) in [6, 6.07) is 2.15. The van der Waals surface area contributed by atoms with Gasteiger partial charge in [-0.2, -0.15) is 13.2 Å². The van der Waals surface area contributed by atoms with E-state index in [1.807, 2.05) is 0 Å². The number of aromatic nitrogens is 1. The Bertz CT molecular complexity index is 631. The van der Waals surface area contributed by atoms with Gasteiger partial charge in [0.05, 0.1) is 12.1 Å². The lowest BCUT2D eigenvalue weighted by atomic mass is 9.87. The number of carbonyl (C=O) groups excluding carboxylic acids is 2. The van der Waals surface area contributed by atoms with Gasteiger partial charge in [-0.15, -0.1) is 0 Å². The molecule has 1 aromatic heterocycles. The molecule has 9 heteroatoms. The van der Waals surface area contributed by atoms with Gasteiger partial charge >= 0.3 is 6.18 Å². The normalized spacial score (nSPS) is 15.2. The highest BCUT2D eigenvalue weighted by molar-refractivity contribution is 5.84. The van der Waals surface area contributed by atoms with Crippen LogP contribution < -0.4 is 16.0 Å². The first-order chi connectivity index (χ1) is 12.9. The van der Waals surface area contributed by atoms with Crippen molar-refractivity contribution in [2.45, 2.75) is 44.7 Å². The van der Waals surface area contributed by atoms with Crippen LogP contribution in [0.3, 0.4) is 0 Å². The van der Waals surface area contributed by atoms with E-state index in [4.69, 9.17) is 0 Å². The molecule has 0 radical (unpaired) electrons. The zero-order valence-corrected chi connectivity index (χ0v) is 15.1. The first kappa shape index (κ1) is 21.0. The zero-order chi connectivity index (χ0) is 19.7. The van der Waals surface area contributed by atoms with Gasteiger partial charge in [-0.1, -0.05) is 19.3 Å². The van der Waals surface area contributed by atoms with Crippen LogP contribution in [0.5, 0.6) is 0 Å². The smallest absolute Gasteiger partial charge is 0.368 e. The van der Waals surface area contributed by atoms with E-state index < -0.39 is 11.7 Å². The lowest BCUT2D eigenvalue weighted by Crippen LogP contribution is -2.39. The average Bonchev–Trinajstić information content (AvgIpc) is 2.64. The van der Waals surface area contributed by atoms with Gasteiger partial charge in [-0.3, -0.25) is 9.59 Å². The number of nitrogens with one attached hydrogen (secondary N) is 3. The second kappa shape index (κ2) is 10.1. The number of rotatable bonds is 8. The summed E-state index contributed by atoms with van der Waals surface area (Å²) in [5.74, 6) is -0.406. The third-order valence-electron chi connectivity index (χ3n) is 4.50. The quantitative estimate of drug-likeness (QED) is 0.600. The van der Waals surface area contributed by atoms with Crippen LogP contribution in [0.1, 0.15) is 44.1 Å². The molecule has 2 rings (SSSR count). The van der Waals surface area contributed by atoms with Gasteiger partial charge in [0.25, 0.3) is 0 Å². The lowest BCUT2D eigenvalue weighted by Gasteiger charge is -2.20. The van der Waals surface area contributed by atoms with Crippen LogP contribution >= 0.6 is 0 Å². The van der Waals surface area contributed by atoms with Gasteiger partial charge in [-0.25, -0.2) is 4.98 Å². The summed E-state index contributed by atoms with van der Waals surface area (Å²) in [7, 11) is 0. The standard InChI is InChI=1S/C18H25F3N4O2/c19-18(20,21)14-7-4-8-23-17(14)24-10-9-22-16(27)12-25-15(26)11-13-5-2-1-3-6-13/h4,7-8,13H,1-3,5-6,9-12H2,(H,22,27)(H,23,24)(H,25,26). The van der Waals surface area contributed by atoms with Gasteiger partial charge in [0.15, 0.2) is 0 Å². The Kier molecular flexibility index (Phi) is 7.87. The van der Waals surface area contributed by atoms with E-state index in [1.54, 1.807) is 0 Å². The molecule has 0 atom stereocenters. The first-order valence-corrected chi connectivity index (χ1v) is 9.15. The SMILES string of the molecule is O=C(CNC(=O)CC1CCCCC1)NCCNc1ncccc1C(F)(F)F. The predicted molar refractivity (Wildman–Crippen MR) is 94.9 cm³/mol. The molecule has 0 aromatic carbocycles. The molecule has 2 amide bonds. The molecule has 0 unspecified atom stereocenters. The summed E-state index contributed by atoms with van der Waals surface area (Å²) in [5.41, 5.74) is -0.855. The van der Waals surface area contributed by atoms with Crippen molar-refractivity contribution >= 4 is 17.6 Å². The number of carbonyl (C=O) groups is 2. The van der Waals surface area contributed by atoms with Crippen LogP contribution in [0.15, 0.2) is 18.3 Å². The predicted octanol–water partition coefficient (Wildman–Crippen LogP) is 2.72. The highest BCUT2D eigenvalue weighted by atomic mass is 19.4. The maximum absolute atomic E-state index is 12.8. The molecule has 0 aliphatic heterocycles. The Morgan fingerprint density at radius 2 is 1.81 bits per heavy atom. The minimum Gasteiger partial charge on any atom is -0.368 e. The van der Waals surface area contributed by atoms with Gasteiger partial charge in [-0.05, 0) is 30.9 Å². The van der Waals surface area contributed by atoms with E-state index in [2.05, 4.69) is 20.9 Å². The van der Waals surface area contributed by atoms with Crippen LogP contribution in [-0.4, -0.2) is 36.4 Å². The molecule has 1 saturated carbocycles. The summed E-state index contributed by atoms with van der Waals surface area (Å²) >= 11 is 0. The summed E-state index contributed by atoms with van der Waals surface area (Å²) in [6.07, 6.45) is 2.83. The Morgan fingerprint density at radius 1 is 1.07 bits per heavy atom. The molecular formula is C18H25F3N4O2. The van der Waals surface area contributed by atoms with Crippen molar-refractivity contribution in [3.05, 3.63) is 23.9 Å². The molecular weight excluding hydrogens is 361 g/mol. The van der Waals surface area contributed by atoms with Crippen molar-refractivity contribution in [3.8, 4) is 0 Å². The van der Waals surface area contributed by atoms with Crippen LogP contribution in [0, 0.1) is 5.92 Å². The molecule has 6 nitrogen and oxygen atoms in total. The van der Waals surface area contributed by atoms with Crippen molar-refractivity contribution in [1.82, 2.24) is 15.6 Å². The molecule has 150 valence electrons. The molecule has 1 fully saturated rings. The van der Waals surface area contributed by atoms with Crippen molar-refractivity contribution in [2.24, 2.45) is 5.92 Å². The third-order valence-corrected chi connectivity index (χ3v) is 4.50. The molecule has 0 bridgehead atoms. The number of hydrogen-bond acceptors (Lipinski definition) is 4. The van der Waals surface area contributed by atoms with E-state index in [1.165, 1.54) is 18.7 Å². The molecule has 0 spiro atoms. The van der Waals surface area contributed by atoms with Crippen molar-refractivity contribution < 1.29 is 22.8 Å². The Labute approximate surface area is 156 Å². The largest absolute Gasteiger partial charge is 0.419 e. The number of halogens is 3. The highest BCUT2D eigenvalue weighted by Crippen LogP contribution is 2.33. The van der Waals surface area contributed by atoms with Crippen LogP contribution in [0.4, 0.5) is 19.0 Å². The van der Waals surface area contributed by atoms with Crippen molar-refractivity contribution in [3.63, 3.8) is 0 Å². The summed E-state index contributed by atoms with van der Waals surface area (Å²) in [5, 5.41) is 7.69. The minimum absolute atomic E-state index is 0.0852. The van der Waals surface area contributed by atoms with E-state index in [0.717, 1.165) is 31.7 Å². The van der Waals surface area contributed by atoms with Gasteiger partial charge < -0.3 is 16.0 Å². The van der Waals surface area contributed by atoms with E-state index >= 15 is 0 Å². The number of nitrogens with zero attached hydrogens (tertiary/aromatic N) is 1. The van der Waals surface area contributed by atoms with Crippen molar-refractivity contribution in [2.75, 3.05) is 25.0 Å². The maximum Gasteiger partial charge on any atom is 0.419 e. The fraction of sp³-hybridized carbons (Fsp3) is 0.611. The third kappa shape index (κ3) is 7.44. The van der Waals surface area contributed by atoms with E-state index in [9.17, 15) is 22.8 Å². The average molecular weight is 386 g/mol. The summed E-state index contributed by atoms with van der Waals surface area (Å²) in [6.45, 7) is 0.0655. The van der Waals surface area contributed by atoms with E-state index in [0.29, 0.717) is 12.3 Å². The number of hydrogen-bond donors (Lipinski definition) is 3. The van der Waals surface area contributed by atoms with E-state index in [-0.39, 0.29) is 37.3 Å². The Hall–Kier alpha value is -2.32. The molecule has 1 aromatic rings. The lowest BCUT2D eigenvalue weighted by molar-refractivity contribution is -0.137. The fourth-order valence-corrected chi connectivity index (χ4v) is 3.12. The van der Waals surface area contributed by atoms with Gasteiger partial charge in [0.1, 0.15) is 5.82 Å². The van der Waals surface area contributed by atoms with Crippen LogP contribution in [0.25, 0.3) is 0 Å². The molecule has 1 aliphatic carbocycles. The zero-order valence-electron chi connectivity index (χ0n) is 15.1. The summed E-state index contributed by atoms with van der Waals surface area (Å²) in [4.78, 5) is 27.2. The number of pyridine rings is 1. The minimum atomic E-state index is -4.50. The highest BCUT2D eigenvalue weighted by Gasteiger charge is 2.33. The Balaban J connectivity index is 1.63. The fourth-order valence-electron chi connectivity index (χ4n) is 3.12. The number of alkyl halides is 3. The molecule has 1 heterocycles. The topological polar surface area (TPSA) is 83.1 Å². The molecule has 1 aliphatic rings. The van der Waals surface area contributed by atoms with Crippen LogP contribution in [-0.2, 0) is 15.8 Å². The molecule has 0 saturated heterocycles. The summed E-state index contributed by atoms with van der Waals surface area (Å²) < 4.78 is 38.5. The molecule has 27 heavy (non-hydrogen) atoms. The maximum atomic E-state index is 12.8. The van der Waals surface area contributed by atoms with Crippen molar-refractivity contribution in [1.29, 1.82) is 0 Å². The van der Waals surface area contributed by atoms with Gasteiger partial charge in [0, 0.05) is 25.7 Å². The number of amides is 2. The second-order valence-corrected chi connectivity index (χ2v) is 6.66.